The summed E-state index contributed by atoms with van der Waals surface area (Å²) in [5.74, 6) is 25.2. The molecule has 0 radical (unpaired) electrons. The molecular formula is C60H44Fe4-12. The van der Waals surface area contributed by atoms with Gasteiger partial charge in [0.15, 0.2) is 0 Å². The Morgan fingerprint density at radius 3 is 0.641 bits per heavy atom. The molecule has 0 aromatic heterocycles. The van der Waals surface area contributed by atoms with Gasteiger partial charge < -0.3 is 30.3 Å². The molecule has 328 valence electrons. The van der Waals surface area contributed by atoms with Gasteiger partial charge >= 0.3 is 0 Å². The second kappa shape index (κ2) is 36.1. The molecule has 0 bridgehead atoms. The molecule has 0 aliphatic carbocycles. The molecule has 4 heteroatoms. The van der Waals surface area contributed by atoms with Crippen LogP contribution in [0.1, 0.15) is 44.5 Å². The number of benzene rings is 2. The molecule has 0 aliphatic heterocycles. The third-order valence-corrected chi connectivity index (χ3v) is 8.00. The van der Waals surface area contributed by atoms with Gasteiger partial charge in [0.25, 0.3) is 0 Å². The molecular weight excluding hydrogens is 944 g/mol. The normalized spacial score (nSPS) is 8.25. The van der Waals surface area contributed by atoms with Crippen LogP contribution < -0.4 is 0 Å². The fraction of sp³-hybridized carbons (Fsp3) is 0. The van der Waals surface area contributed by atoms with E-state index >= 15 is 0 Å². The maximum atomic E-state index is 3.16. The van der Waals surface area contributed by atoms with E-state index in [0.717, 1.165) is 44.5 Å². The third-order valence-electron chi connectivity index (χ3n) is 8.00. The summed E-state index contributed by atoms with van der Waals surface area (Å²) in [5.41, 5.74) is 8.11. The molecule has 10 aromatic carbocycles. The van der Waals surface area contributed by atoms with Crippen LogP contribution in [-0.4, -0.2) is 0 Å². The summed E-state index contributed by atoms with van der Waals surface area (Å²) >= 11 is 0. The topological polar surface area (TPSA) is 0 Å². The fourth-order valence-corrected chi connectivity index (χ4v) is 5.04. The van der Waals surface area contributed by atoms with Crippen molar-refractivity contribution in [2.24, 2.45) is 0 Å². The summed E-state index contributed by atoms with van der Waals surface area (Å²) in [6.45, 7) is 0. The average molecular weight is 988 g/mol. The summed E-state index contributed by atoms with van der Waals surface area (Å²) in [6.07, 6.45) is 0. The van der Waals surface area contributed by atoms with Gasteiger partial charge in [-0.1, -0.05) is 70.8 Å². The van der Waals surface area contributed by atoms with E-state index < -0.39 is 0 Å². The molecule has 10 rings (SSSR count). The van der Waals surface area contributed by atoms with Crippen LogP contribution in [0.3, 0.4) is 0 Å². The fourth-order valence-electron chi connectivity index (χ4n) is 5.04. The second-order valence-corrected chi connectivity index (χ2v) is 12.7. The molecule has 0 saturated carbocycles. The Bertz CT molecular complexity index is 2280. The van der Waals surface area contributed by atoms with Crippen LogP contribution in [0.4, 0.5) is 0 Å². The van der Waals surface area contributed by atoms with Gasteiger partial charge in [0.2, 0.25) is 0 Å². The summed E-state index contributed by atoms with van der Waals surface area (Å²) in [4.78, 5) is 0. The van der Waals surface area contributed by atoms with Crippen LogP contribution in [0.15, 0.2) is 267 Å². The van der Waals surface area contributed by atoms with E-state index in [1.807, 2.05) is 267 Å². The van der Waals surface area contributed by atoms with Crippen LogP contribution in [0, 0.1) is 47.4 Å². The van der Waals surface area contributed by atoms with E-state index in [9.17, 15) is 0 Å². The molecule has 0 amide bonds. The minimum absolute atomic E-state index is 0. The molecule has 0 fully saturated rings. The molecule has 64 heavy (non-hydrogen) atoms. The SMILES string of the molecule is C(#C[c-]1cccc1)c1cccc(C#C[c-]2cccc2)c1.C(#C[c-]1cccc1)c1cccc(C#C[c-]2cccc2)c1.[Fe].[Fe].[Fe].[Fe].[cH-]1[cH-][cH-][cH-][cH-]1.c1cc[cH-]c1.c1cc[cH-]c1.c1cc[cH-]c1. The first-order valence-corrected chi connectivity index (χ1v) is 19.6. The van der Waals surface area contributed by atoms with Crippen LogP contribution in [0.25, 0.3) is 0 Å². The number of rotatable bonds is 0. The number of hydrogen-bond donors (Lipinski definition) is 0. The quantitative estimate of drug-likeness (QED) is 0.0807. The van der Waals surface area contributed by atoms with Crippen molar-refractivity contribution in [2.75, 3.05) is 0 Å². The van der Waals surface area contributed by atoms with Crippen molar-refractivity contribution < 1.29 is 68.3 Å². The van der Waals surface area contributed by atoms with Crippen molar-refractivity contribution in [1.82, 2.24) is 0 Å². The molecule has 0 nitrogen and oxygen atoms in total. The van der Waals surface area contributed by atoms with Gasteiger partial charge in [-0.25, -0.2) is 36.4 Å². The predicted molar refractivity (Wildman–Crippen MR) is 253 cm³/mol. The van der Waals surface area contributed by atoms with Crippen molar-refractivity contribution in [3.63, 3.8) is 0 Å². The Morgan fingerprint density at radius 1 is 0.266 bits per heavy atom. The van der Waals surface area contributed by atoms with E-state index in [1.165, 1.54) is 0 Å². The van der Waals surface area contributed by atoms with Crippen molar-refractivity contribution in [3.05, 3.63) is 311 Å². The smallest absolute Gasteiger partial charge is 0 e. The van der Waals surface area contributed by atoms with Gasteiger partial charge in [-0.2, -0.15) is 150 Å². The van der Waals surface area contributed by atoms with Gasteiger partial charge in [0, 0.05) is 68.3 Å². The molecule has 0 aliphatic rings. The Labute approximate surface area is 423 Å². The summed E-state index contributed by atoms with van der Waals surface area (Å²) in [5, 5.41) is 0. The molecule has 0 N–H and O–H groups in total. The Kier molecular flexibility index (Phi) is 31.3. The van der Waals surface area contributed by atoms with Gasteiger partial charge in [-0.05, 0) is 22.3 Å². The van der Waals surface area contributed by atoms with E-state index in [2.05, 4.69) is 47.4 Å². The van der Waals surface area contributed by atoms with Crippen molar-refractivity contribution in [3.8, 4) is 47.4 Å². The first-order valence-electron chi connectivity index (χ1n) is 19.6. The zero-order chi connectivity index (χ0) is 41.4. The van der Waals surface area contributed by atoms with Gasteiger partial charge in [0.1, 0.15) is 0 Å². The van der Waals surface area contributed by atoms with E-state index in [1.54, 1.807) is 0 Å². The zero-order valence-corrected chi connectivity index (χ0v) is 39.2. The zero-order valence-electron chi connectivity index (χ0n) is 34.8. The maximum absolute atomic E-state index is 3.16. The first-order chi connectivity index (χ1) is 29.8. The molecule has 0 spiro atoms. The van der Waals surface area contributed by atoms with Crippen LogP contribution in [-0.2, 0) is 68.3 Å². The van der Waals surface area contributed by atoms with E-state index in [-0.39, 0.29) is 68.3 Å². The number of hydrogen-bond acceptors (Lipinski definition) is 0. The molecule has 0 atom stereocenters. The largest absolute Gasteiger partial charge is 0.748 e. The summed E-state index contributed by atoms with van der Waals surface area (Å²) < 4.78 is 0. The van der Waals surface area contributed by atoms with Crippen LogP contribution in [0.2, 0.25) is 0 Å². The van der Waals surface area contributed by atoms with Gasteiger partial charge in [0.05, 0.1) is 0 Å². The van der Waals surface area contributed by atoms with E-state index in [0.29, 0.717) is 0 Å². The first kappa shape index (κ1) is 55.6. The molecule has 10 aromatic rings. The van der Waals surface area contributed by atoms with Gasteiger partial charge in [-0.3, -0.25) is 0 Å². The molecule has 0 saturated heterocycles. The standard InChI is InChI=1S/2C20H12.4C5H5.4Fe/c2*1-2-7-17(6-1)12-14-19-10-5-11-20(16-19)15-13-18-8-3-4-9-18;4*1-2-4-5-3-1;;;;/h2*1-11,16H;4*1-5H;;;;/q2*-2;-5;3*-1;;;;. The Morgan fingerprint density at radius 2 is 0.469 bits per heavy atom. The monoisotopic (exact) mass is 988 g/mol. The Hall–Kier alpha value is -6.44. The van der Waals surface area contributed by atoms with E-state index in [4.69, 9.17) is 0 Å². The Balaban J connectivity index is 0.000000428. The van der Waals surface area contributed by atoms with Crippen LogP contribution >= 0.6 is 0 Å². The van der Waals surface area contributed by atoms with Crippen molar-refractivity contribution >= 4 is 0 Å². The third kappa shape index (κ3) is 24.9. The minimum atomic E-state index is 0. The molecule has 0 unspecified atom stereocenters. The van der Waals surface area contributed by atoms with Crippen molar-refractivity contribution in [1.29, 1.82) is 0 Å². The van der Waals surface area contributed by atoms with Gasteiger partial charge in [-0.15, -0.1) is 48.5 Å². The summed E-state index contributed by atoms with van der Waals surface area (Å²) in [6, 6.07) is 88.0. The maximum Gasteiger partial charge on any atom is 0 e. The average Bonchev–Trinajstić information content (AvgIpc) is 4.17. The second-order valence-electron chi connectivity index (χ2n) is 12.7. The predicted octanol–water partition coefficient (Wildman–Crippen LogP) is 13.5. The molecule has 0 heterocycles. The van der Waals surface area contributed by atoms with Crippen molar-refractivity contribution in [2.45, 2.75) is 0 Å². The minimum Gasteiger partial charge on any atom is -0.748 e. The summed E-state index contributed by atoms with van der Waals surface area (Å²) in [7, 11) is 0. The van der Waals surface area contributed by atoms with Crippen LogP contribution in [0.5, 0.6) is 0 Å².